The molecule has 0 spiro atoms. The van der Waals surface area contributed by atoms with Crippen molar-refractivity contribution >= 4 is 11.9 Å². The summed E-state index contributed by atoms with van der Waals surface area (Å²) in [5, 5.41) is 12.1. The number of carbonyl (C=O) groups is 2. The van der Waals surface area contributed by atoms with E-state index >= 15 is 0 Å². The van der Waals surface area contributed by atoms with Crippen LogP contribution in [0, 0.1) is 0 Å². The number of phenols is 1. The molecule has 0 fully saturated rings. The van der Waals surface area contributed by atoms with Gasteiger partial charge in [0.15, 0.2) is 0 Å². The standard InChI is InChI=1S/C13H17NO5/c1-3-19-12(16)6-7-14-13(17)10-8-9(18-2)4-5-11(10)15/h4-5,8,15H,3,6-7H2,1-2H3,(H,14,17). The summed E-state index contributed by atoms with van der Waals surface area (Å²) in [5.74, 6) is -0.527. The average Bonchev–Trinajstić information content (AvgIpc) is 2.39. The molecular weight excluding hydrogens is 250 g/mol. The van der Waals surface area contributed by atoms with Crippen LogP contribution in [0.25, 0.3) is 0 Å². The van der Waals surface area contributed by atoms with Crippen LogP contribution in [0.5, 0.6) is 11.5 Å². The Kier molecular flexibility index (Phi) is 5.66. The third-order valence-electron chi connectivity index (χ3n) is 2.37. The van der Waals surface area contributed by atoms with Gasteiger partial charge < -0.3 is 19.9 Å². The lowest BCUT2D eigenvalue weighted by Crippen LogP contribution is -2.26. The molecule has 0 bridgehead atoms. The molecule has 1 rings (SSSR count). The molecule has 0 aliphatic rings. The topological polar surface area (TPSA) is 84.9 Å². The molecule has 1 aromatic rings. The predicted molar refractivity (Wildman–Crippen MR) is 68.2 cm³/mol. The van der Waals surface area contributed by atoms with E-state index in [4.69, 9.17) is 9.47 Å². The predicted octanol–water partition coefficient (Wildman–Crippen LogP) is 1.08. The quantitative estimate of drug-likeness (QED) is 0.753. The van der Waals surface area contributed by atoms with Gasteiger partial charge >= 0.3 is 5.97 Å². The Labute approximate surface area is 111 Å². The lowest BCUT2D eigenvalue weighted by molar-refractivity contribution is -0.142. The van der Waals surface area contributed by atoms with Crippen LogP contribution in [0.2, 0.25) is 0 Å². The van der Waals surface area contributed by atoms with Crippen molar-refractivity contribution < 1.29 is 24.2 Å². The van der Waals surface area contributed by atoms with E-state index in [1.807, 2.05) is 0 Å². The fourth-order valence-corrected chi connectivity index (χ4v) is 1.43. The SMILES string of the molecule is CCOC(=O)CCNC(=O)c1cc(OC)ccc1O. The average molecular weight is 267 g/mol. The Bertz CT molecular complexity index is 458. The summed E-state index contributed by atoms with van der Waals surface area (Å²) < 4.78 is 9.70. The fourth-order valence-electron chi connectivity index (χ4n) is 1.43. The van der Waals surface area contributed by atoms with Crippen LogP contribution in [0.3, 0.4) is 0 Å². The van der Waals surface area contributed by atoms with Crippen LogP contribution in [0.1, 0.15) is 23.7 Å². The number of nitrogens with one attached hydrogen (secondary N) is 1. The maximum Gasteiger partial charge on any atom is 0.307 e. The molecule has 1 amide bonds. The molecule has 0 atom stereocenters. The number of rotatable bonds is 6. The number of carbonyl (C=O) groups excluding carboxylic acids is 2. The van der Waals surface area contributed by atoms with Gasteiger partial charge in [0.2, 0.25) is 0 Å². The number of phenolic OH excluding ortho intramolecular Hbond substituents is 1. The van der Waals surface area contributed by atoms with E-state index in [1.54, 1.807) is 13.0 Å². The van der Waals surface area contributed by atoms with Crippen LogP contribution in [-0.2, 0) is 9.53 Å². The van der Waals surface area contributed by atoms with Gasteiger partial charge in [0.25, 0.3) is 5.91 Å². The molecule has 104 valence electrons. The van der Waals surface area contributed by atoms with E-state index in [0.717, 1.165) is 0 Å². The van der Waals surface area contributed by atoms with Crippen molar-refractivity contribution in [3.63, 3.8) is 0 Å². The Morgan fingerprint density at radius 2 is 2.11 bits per heavy atom. The molecule has 0 heterocycles. The Balaban J connectivity index is 2.56. The second-order valence-electron chi connectivity index (χ2n) is 3.69. The zero-order valence-electron chi connectivity index (χ0n) is 10.9. The summed E-state index contributed by atoms with van der Waals surface area (Å²) in [4.78, 5) is 22.9. The third-order valence-corrected chi connectivity index (χ3v) is 2.37. The smallest absolute Gasteiger partial charge is 0.307 e. The highest BCUT2D eigenvalue weighted by atomic mass is 16.5. The summed E-state index contributed by atoms with van der Waals surface area (Å²) in [6.45, 7) is 2.17. The molecular formula is C13H17NO5. The number of ether oxygens (including phenoxy) is 2. The number of methoxy groups -OCH3 is 1. The number of hydrogen-bond acceptors (Lipinski definition) is 5. The van der Waals surface area contributed by atoms with E-state index in [2.05, 4.69) is 5.32 Å². The molecule has 0 aromatic heterocycles. The highest BCUT2D eigenvalue weighted by Crippen LogP contribution is 2.22. The highest BCUT2D eigenvalue weighted by Gasteiger charge is 2.12. The molecule has 0 saturated carbocycles. The summed E-state index contributed by atoms with van der Waals surface area (Å²) in [6.07, 6.45) is 0.0876. The summed E-state index contributed by atoms with van der Waals surface area (Å²) in [5.41, 5.74) is 0.100. The van der Waals surface area contributed by atoms with E-state index in [-0.39, 0.29) is 30.2 Å². The van der Waals surface area contributed by atoms with Gasteiger partial charge in [-0.2, -0.15) is 0 Å². The van der Waals surface area contributed by atoms with Gasteiger partial charge in [-0.25, -0.2) is 0 Å². The summed E-state index contributed by atoms with van der Waals surface area (Å²) >= 11 is 0. The second-order valence-corrected chi connectivity index (χ2v) is 3.69. The van der Waals surface area contributed by atoms with Gasteiger partial charge in [-0.15, -0.1) is 0 Å². The number of hydrogen-bond donors (Lipinski definition) is 2. The van der Waals surface area contributed by atoms with Crippen LogP contribution < -0.4 is 10.1 Å². The van der Waals surface area contributed by atoms with Crippen molar-refractivity contribution in [3.05, 3.63) is 23.8 Å². The van der Waals surface area contributed by atoms with Crippen molar-refractivity contribution in [3.8, 4) is 11.5 Å². The Morgan fingerprint density at radius 3 is 2.74 bits per heavy atom. The van der Waals surface area contributed by atoms with E-state index in [0.29, 0.717) is 12.4 Å². The van der Waals surface area contributed by atoms with Crippen LogP contribution in [0.4, 0.5) is 0 Å². The monoisotopic (exact) mass is 267 g/mol. The maximum atomic E-state index is 11.8. The van der Waals surface area contributed by atoms with Crippen molar-refractivity contribution in [1.82, 2.24) is 5.32 Å². The first-order valence-corrected chi connectivity index (χ1v) is 5.89. The number of benzene rings is 1. The molecule has 0 unspecified atom stereocenters. The van der Waals surface area contributed by atoms with Crippen molar-refractivity contribution in [2.24, 2.45) is 0 Å². The van der Waals surface area contributed by atoms with Crippen molar-refractivity contribution in [2.75, 3.05) is 20.3 Å². The first-order chi connectivity index (χ1) is 9.08. The third kappa shape index (κ3) is 4.50. The van der Waals surface area contributed by atoms with Gasteiger partial charge in [-0.1, -0.05) is 0 Å². The highest BCUT2D eigenvalue weighted by molar-refractivity contribution is 5.97. The molecule has 1 aromatic carbocycles. The van der Waals surface area contributed by atoms with Crippen molar-refractivity contribution in [1.29, 1.82) is 0 Å². The normalized spacial score (nSPS) is 9.79. The molecule has 6 heteroatoms. The number of esters is 1. The first-order valence-electron chi connectivity index (χ1n) is 5.89. The lowest BCUT2D eigenvalue weighted by atomic mass is 10.1. The minimum absolute atomic E-state index is 0.0876. The van der Waals surface area contributed by atoms with E-state index in [9.17, 15) is 14.7 Å². The molecule has 0 aliphatic heterocycles. The van der Waals surface area contributed by atoms with E-state index < -0.39 is 5.91 Å². The molecule has 6 nitrogen and oxygen atoms in total. The molecule has 0 radical (unpaired) electrons. The zero-order valence-corrected chi connectivity index (χ0v) is 10.9. The minimum atomic E-state index is -0.472. The molecule has 19 heavy (non-hydrogen) atoms. The van der Waals surface area contributed by atoms with E-state index in [1.165, 1.54) is 19.2 Å². The maximum absolute atomic E-state index is 11.8. The van der Waals surface area contributed by atoms with Gasteiger partial charge in [0.1, 0.15) is 11.5 Å². The van der Waals surface area contributed by atoms with Crippen LogP contribution in [-0.4, -0.2) is 37.2 Å². The Hall–Kier alpha value is -2.24. The largest absolute Gasteiger partial charge is 0.507 e. The van der Waals surface area contributed by atoms with Gasteiger partial charge in [0.05, 0.1) is 25.7 Å². The number of aromatic hydroxyl groups is 1. The summed E-state index contributed by atoms with van der Waals surface area (Å²) in [7, 11) is 1.47. The van der Waals surface area contributed by atoms with Gasteiger partial charge in [0, 0.05) is 6.54 Å². The van der Waals surface area contributed by atoms with Gasteiger partial charge in [-0.05, 0) is 25.1 Å². The fraction of sp³-hybridized carbons (Fsp3) is 0.385. The number of amides is 1. The molecule has 2 N–H and O–H groups in total. The molecule has 0 aliphatic carbocycles. The minimum Gasteiger partial charge on any atom is -0.507 e. The van der Waals surface area contributed by atoms with Crippen LogP contribution in [0.15, 0.2) is 18.2 Å². The second kappa shape index (κ2) is 7.25. The van der Waals surface area contributed by atoms with Crippen molar-refractivity contribution in [2.45, 2.75) is 13.3 Å². The lowest BCUT2D eigenvalue weighted by Gasteiger charge is -2.08. The molecule has 0 saturated heterocycles. The summed E-state index contributed by atoms with van der Waals surface area (Å²) in [6, 6.07) is 4.35. The first kappa shape index (κ1) is 14.8. The Morgan fingerprint density at radius 1 is 1.37 bits per heavy atom. The zero-order chi connectivity index (χ0) is 14.3. The van der Waals surface area contributed by atoms with Crippen LogP contribution >= 0.6 is 0 Å². The van der Waals surface area contributed by atoms with Gasteiger partial charge in [-0.3, -0.25) is 9.59 Å².